The van der Waals surface area contributed by atoms with Gasteiger partial charge >= 0.3 is 0 Å². The Balaban J connectivity index is 1.88. The highest BCUT2D eigenvalue weighted by molar-refractivity contribution is 7.99. The molecule has 0 aliphatic carbocycles. The average Bonchev–Trinajstić information content (AvgIpc) is 2.45. The lowest BCUT2D eigenvalue weighted by atomic mass is 10.1. The van der Waals surface area contributed by atoms with Gasteiger partial charge in [-0.1, -0.05) is 36.0 Å². The van der Waals surface area contributed by atoms with Gasteiger partial charge in [-0.2, -0.15) is 0 Å². The molecule has 1 aliphatic heterocycles. The Hall–Kier alpha value is -1.45. The summed E-state index contributed by atoms with van der Waals surface area (Å²) in [6.45, 7) is 8.57. The molecule has 1 aliphatic rings. The van der Waals surface area contributed by atoms with Crippen LogP contribution < -0.4 is 10.2 Å². The molecule has 0 amide bonds. The predicted octanol–water partition coefficient (Wildman–Crippen LogP) is 4.68. The smallest absolute Gasteiger partial charge is 0.0553 e. The fourth-order valence-electron chi connectivity index (χ4n) is 2.56. The van der Waals surface area contributed by atoms with Crippen LogP contribution in [0.1, 0.15) is 20.8 Å². The molecule has 0 spiro atoms. The maximum atomic E-state index is 3.58. The largest absolute Gasteiger partial charge is 0.338 e. The zero-order valence-corrected chi connectivity index (χ0v) is 13.7. The molecule has 0 fully saturated rings. The molecule has 0 aromatic heterocycles. The maximum absolute atomic E-state index is 3.58. The van der Waals surface area contributed by atoms with E-state index in [1.54, 1.807) is 0 Å². The van der Waals surface area contributed by atoms with Crippen molar-refractivity contribution in [2.75, 3.05) is 18.0 Å². The van der Waals surface area contributed by atoms with Crippen molar-refractivity contribution < 1.29 is 0 Å². The van der Waals surface area contributed by atoms with E-state index in [1.807, 2.05) is 11.8 Å². The summed E-state index contributed by atoms with van der Waals surface area (Å²) in [6, 6.07) is 17.3. The Morgan fingerprint density at radius 1 is 0.905 bits per heavy atom. The topological polar surface area (TPSA) is 15.3 Å². The number of nitrogens with one attached hydrogen (secondary N) is 1. The number of anilines is 2. The third kappa shape index (κ3) is 3.25. The molecule has 3 rings (SSSR count). The van der Waals surface area contributed by atoms with Crippen LogP contribution in [0.2, 0.25) is 0 Å². The minimum Gasteiger partial charge on any atom is -0.338 e. The summed E-state index contributed by atoms with van der Waals surface area (Å²) < 4.78 is 0. The molecule has 0 bridgehead atoms. The third-order valence-electron chi connectivity index (χ3n) is 3.52. The van der Waals surface area contributed by atoms with Gasteiger partial charge in [0.25, 0.3) is 0 Å². The SMILES string of the molecule is CC(C)(C)NCCN1c2ccccc2Sc2ccccc21. The summed E-state index contributed by atoms with van der Waals surface area (Å²) in [5.74, 6) is 0. The van der Waals surface area contributed by atoms with E-state index < -0.39 is 0 Å². The monoisotopic (exact) mass is 298 g/mol. The second-order valence-corrected chi connectivity index (χ2v) is 7.45. The van der Waals surface area contributed by atoms with Gasteiger partial charge in [-0.15, -0.1) is 0 Å². The van der Waals surface area contributed by atoms with Crippen LogP contribution in [-0.2, 0) is 0 Å². The summed E-state index contributed by atoms with van der Waals surface area (Å²) in [5.41, 5.74) is 2.79. The average molecular weight is 298 g/mol. The number of hydrogen-bond donors (Lipinski definition) is 1. The molecule has 21 heavy (non-hydrogen) atoms. The first-order valence-corrected chi connectivity index (χ1v) is 8.25. The van der Waals surface area contributed by atoms with Gasteiger partial charge in [0.05, 0.1) is 11.4 Å². The molecule has 110 valence electrons. The minimum absolute atomic E-state index is 0.156. The summed E-state index contributed by atoms with van der Waals surface area (Å²) in [7, 11) is 0. The first-order valence-electron chi connectivity index (χ1n) is 7.43. The van der Waals surface area contributed by atoms with Crippen molar-refractivity contribution in [2.45, 2.75) is 36.1 Å². The molecular formula is C18H22N2S. The van der Waals surface area contributed by atoms with Crippen LogP contribution in [0.4, 0.5) is 11.4 Å². The fraction of sp³-hybridized carbons (Fsp3) is 0.333. The quantitative estimate of drug-likeness (QED) is 0.886. The van der Waals surface area contributed by atoms with E-state index in [9.17, 15) is 0 Å². The first-order chi connectivity index (χ1) is 10.0. The normalized spacial score (nSPS) is 13.8. The van der Waals surface area contributed by atoms with Gasteiger partial charge in [-0.05, 0) is 45.0 Å². The third-order valence-corrected chi connectivity index (χ3v) is 4.65. The molecule has 1 N–H and O–H groups in total. The van der Waals surface area contributed by atoms with Gasteiger partial charge in [-0.25, -0.2) is 0 Å². The standard InChI is InChI=1S/C18H22N2S/c1-18(2,3)19-12-13-20-14-8-4-6-10-16(14)21-17-11-7-5-9-15(17)20/h4-11,19H,12-13H2,1-3H3. The van der Waals surface area contributed by atoms with Gasteiger partial charge in [-0.3, -0.25) is 0 Å². The van der Waals surface area contributed by atoms with Crippen LogP contribution in [0.15, 0.2) is 58.3 Å². The van der Waals surface area contributed by atoms with Gasteiger partial charge in [0.15, 0.2) is 0 Å². The Labute approximate surface area is 131 Å². The van der Waals surface area contributed by atoms with Crippen LogP contribution >= 0.6 is 11.8 Å². The fourth-order valence-corrected chi connectivity index (χ4v) is 3.66. The first kappa shape index (κ1) is 14.5. The van der Waals surface area contributed by atoms with E-state index in [2.05, 4.69) is 79.5 Å². The van der Waals surface area contributed by atoms with E-state index in [4.69, 9.17) is 0 Å². The molecule has 2 aromatic rings. The van der Waals surface area contributed by atoms with Crippen LogP contribution in [0.3, 0.4) is 0 Å². The van der Waals surface area contributed by atoms with E-state index in [0.717, 1.165) is 13.1 Å². The van der Waals surface area contributed by atoms with Crippen molar-refractivity contribution in [3.8, 4) is 0 Å². The Morgan fingerprint density at radius 3 is 1.95 bits per heavy atom. The van der Waals surface area contributed by atoms with Crippen molar-refractivity contribution in [1.29, 1.82) is 0 Å². The van der Waals surface area contributed by atoms with Gasteiger partial charge < -0.3 is 10.2 Å². The van der Waals surface area contributed by atoms with Gasteiger partial charge in [0.1, 0.15) is 0 Å². The number of fused-ring (bicyclic) bond motifs is 2. The Bertz CT molecular complexity index is 586. The van der Waals surface area contributed by atoms with E-state index >= 15 is 0 Å². The van der Waals surface area contributed by atoms with Gasteiger partial charge in [0.2, 0.25) is 0 Å². The summed E-state index contributed by atoms with van der Waals surface area (Å²) >= 11 is 1.86. The maximum Gasteiger partial charge on any atom is 0.0553 e. The van der Waals surface area contributed by atoms with E-state index in [-0.39, 0.29) is 5.54 Å². The lowest BCUT2D eigenvalue weighted by molar-refractivity contribution is 0.431. The summed E-state index contributed by atoms with van der Waals surface area (Å²) in [4.78, 5) is 5.11. The van der Waals surface area contributed by atoms with Crippen molar-refractivity contribution in [2.24, 2.45) is 0 Å². The second-order valence-electron chi connectivity index (χ2n) is 6.37. The number of para-hydroxylation sites is 2. The number of benzene rings is 2. The molecule has 0 radical (unpaired) electrons. The second kappa shape index (κ2) is 5.74. The molecule has 0 saturated heterocycles. The highest BCUT2D eigenvalue weighted by Crippen LogP contribution is 2.47. The molecule has 2 nitrogen and oxygen atoms in total. The highest BCUT2D eigenvalue weighted by atomic mass is 32.2. The van der Waals surface area contributed by atoms with Crippen LogP contribution in [0, 0.1) is 0 Å². The van der Waals surface area contributed by atoms with Crippen LogP contribution in [0.25, 0.3) is 0 Å². The van der Waals surface area contributed by atoms with Crippen molar-refractivity contribution >= 4 is 23.1 Å². The van der Waals surface area contributed by atoms with Crippen LogP contribution in [0.5, 0.6) is 0 Å². The highest BCUT2D eigenvalue weighted by Gasteiger charge is 2.22. The molecule has 0 atom stereocenters. The predicted molar refractivity (Wildman–Crippen MR) is 91.8 cm³/mol. The zero-order valence-electron chi connectivity index (χ0n) is 12.9. The molecule has 0 saturated carbocycles. The molecule has 1 heterocycles. The number of hydrogen-bond acceptors (Lipinski definition) is 3. The lowest BCUT2D eigenvalue weighted by Gasteiger charge is -2.33. The van der Waals surface area contributed by atoms with Crippen LogP contribution in [-0.4, -0.2) is 18.6 Å². The molecule has 2 aromatic carbocycles. The molecule has 3 heteroatoms. The zero-order chi connectivity index (χ0) is 14.9. The Kier molecular flexibility index (Phi) is 3.96. The van der Waals surface area contributed by atoms with Crippen molar-refractivity contribution in [3.63, 3.8) is 0 Å². The summed E-state index contributed by atoms with van der Waals surface area (Å²) in [6.07, 6.45) is 0. The molecular weight excluding hydrogens is 276 g/mol. The number of nitrogens with zero attached hydrogens (tertiary/aromatic N) is 1. The van der Waals surface area contributed by atoms with E-state index in [0.29, 0.717) is 0 Å². The number of rotatable bonds is 3. The van der Waals surface area contributed by atoms with E-state index in [1.165, 1.54) is 21.2 Å². The Morgan fingerprint density at radius 2 is 1.43 bits per heavy atom. The lowest BCUT2D eigenvalue weighted by Crippen LogP contribution is -2.40. The van der Waals surface area contributed by atoms with Gasteiger partial charge in [0, 0.05) is 28.4 Å². The summed E-state index contributed by atoms with van der Waals surface area (Å²) in [5, 5.41) is 3.58. The molecule has 0 unspecified atom stereocenters. The van der Waals surface area contributed by atoms with Crippen molar-refractivity contribution in [1.82, 2.24) is 5.32 Å². The van der Waals surface area contributed by atoms with Crippen molar-refractivity contribution in [3.05, 3.63) is 48.5 Å². The minimum atomic E-state index is 0.156.